The quantitative estimate of drug-likeness (QED) is 0.753. The minimum Gasteiger partial charge on any atom is -0.320 e. The highest BCUT2D eigenvalue weighted by Gasteiger charge is 1.98. The van der Waals surface area contributed by atoms with Gasteiger partial charge in [0.2, 0.25) is 0 Å². The molecule has 106 valence electrons. The second-order valence-electron chi connectivity index (χ2n) is 4.53. The maximum atomic E-state index is 3.45. The normalized spacial score (nSPS) is 9.78. The van der Waals surface area contributed by atoms with Crippen LogP contribution in [0.1, 0.15) is 37.3 Å². The molecule has 0 radical (unpaired) electrons. The summed E-state index contributed by atoms with van der Waals surface area (Å²) in [5.74, 6) is 0.623. The van der Waals surface area contributed by atoms with Gasteiger partial charge in [0.1, 0.15) is 0 Å². The first-order valence-corrected chi connectivity index (χ1v) is 6.18. The van der Waals surface area contributed by atoms with Crippen molar-refractivity contribution in [2.24, 2.45) is 0 Å². The highest BCUT2D eigenvalue weighted by molar-refractivity contribution is 5.85. The van der Waals surface area contributed by atoms with Crippen molar-refractivity contribution in [2.75, 3.05) is 20.1 Å². The predicted octanol–water partition coefficient (Wildman–Crippen LogP) is 3.35. The number of nitrogens with one attached hydrogen (secondary N) is 2. The van der Waals surface area contributed by atoms with Gasteiger partial charge in [0.25, 0.3) is 0 Å². The molecule has 0 saturated heterocycles. The Morgan fingerprint density at radius 3 is 2.11 bits per heavy atom. The van der Waals surface area contributed by atoms with Crippen LogP contribution in [-0.4, -0.2) is 20.1 Å². The topological polar surface area (TPSA) is 24.1 Å². The van der Waals surface area contributed by atoms with Gasteiger partial charge in [0, 0.05) is 6.54 Å². The zero-order valence-electron chi connectivity index (χ0n) is 11.5. The van der Waals surface area contributed by atoms with Gasteiger partial charge in [-0.05, 0) is 43.6 Å². The number of hydrogen-bond donors (Lipinski definition) is 2. The van der Waals surface area contributed by atoms with Gasteiger partial charge in [0.05, 0.1) is 0 Å². The summed E-state index contributed by atoms with van der Waals surface area (Å²) in [4.78, 5) is 0. The van der Waals surface area contributed by atoms with Gasteiger partial charge in [-0.2, -0.15) is 0 Å². The van der Waals surface area contributed by atoms with Gasteiger partial charge < -0.3 is 10.6 Å². The third kappa shape index (κ3) is 7.93. The van der Waals surface area contributed by atoms with E-state index in [0.717, 1.165) is 19.6 Å². The monoisotopic (exact) mass is 292 g/mol. The molecular formula is C14H26Cl2N2. The molecule has 0 aromatic heterocycles. The van der Waals surface area contributed by atoms with Crippen LogP contribution in [0, 0.1) is 0 Å². The Morgan fingerprint density at radius 2 is 1.61 bits per heavy atom. The van der Waals surface area contributed by atoms with Crippen LogP contribution in [0.25, 0.3) is 0 Å². The van der Waals surface area contributed by atoms with Gasteiger partial charge in [-0.25, -0.2) is 0 Å². The van der Waals surface area contributed by atoms with Gasteiger partial charge in [-0.1, -0.05) is 38.1 Å². The molecule has 0 bridgehead atoms. The molecule has 1 rings (SSSR count). The van der Waals surface area contributed by atoms with Crippen LogP contribution in [0.2, 0.25) is 0 Å². The minimum atomic E-state index is 0. The number of hydrogen-bond acceptors (Lipinski definition) is 2. The van der Waals surface area contributed by atoms with Gasteiger partial charge in [-0.15, -0.1) is 24.8 Å². The molecule has 0 aliphatic rings. The van der Waals surface area contributed by atoms with E-state index in [-0.39, 0.29) is 24.8 Å². The van der Waals surface area contributed by atoms with E-state index >= 15 is 0 Å². The second kappa shape index (κ2) is 11.8. The van der Waals surface area contributed by atoms with Crippen LogP contribution < -0.4 is 10.6 Å². The van der Waals surface area contributed by atoms with Crippen molar-refractivity contribution in [3.8, 4) is 0 Å². The standard InChI is InChI=1S/C14H24N2.2ClH/c1-12(2)14-7-5-13(6-8-14)11-16-10-4-9-15-3;;/h5-8,12,15-16H,4,9-11H2,1-3H3;2*1H. The molecule has 0 fully saturated rings. The Labute approximate surface area is 124 Å². The smallest absolute Gasteiger partial charge is 0.0205 e. The Kier molecular flexibility index (Phi) is 13.1. The zero-order chi connectivity index (χ0) is 11.8. The number of rotatable bonds is 7. The first-order valence-electron chi connectivity index (χ1n) is 6.18. The zero-order valence-corrected chi connectivity index (χ0v) is 13.2. The third-order valence-electron chi connectivity index (χ3n) is 2.76. The molecule has 0 saturated carbocycles. The van der Waals surface area contributed by atoms with Crippen molar-refractivity contribution < 1.29 is 0 Å². The summed E-state index contributed by atoms with van der Waals surface area (Å²) in [6.07, 6.45) is 1.18. The Hall–Kier alpha value is -0.280. The lowest BCUT2D eigenvalue weighted by molar-refractivity contribution is 0.625. The summed E-state index contributed by atoms with van der Waals surface area (Å²) in [5, 5.41) is 6.59. The van der Waals surface area contributed by atoms with Gasteiger partial charge in [0.15, 0.2) is 0 Å². The molecule has 2 N–H and O–H groups in total. The van der Waals surface area contributed by atoms with E-state index in [4.69, 9.17) is 0 Å². The third-order valence-corrected chi connectivity index (χ3v) is 2.76. The molecule has 0 spiro atoms. The average Bonchev–Trinajstić information content (AvgIpc) is 2.29. The fraction of sp³-hybridized carbons (Fsp3) is 0.571. The second-order valence-corrected chi connectivity index (χ2v) is 4.53. The van der Waals surface area contributed by atoms with E-state index in [1.54, 1.807) is 0 Å². The highest BCUT2D eigenvalue weighted by atomic mass is 35.5. The molecule has 2 nitrogen and oxygen atoms in total. The molecule has 0 atom stereocenters. The SMILES string of the molecule is CNCCCNCc1ccc(C(C)C)cc1.Cl.Cl. The van der Waals surface area contributed by atoms with Crippen LogP contribution >= 0.6 is 24.8 Å². The lowest BCUT2D eigenvalue weighted by Gasteiger charge is -2.08. The summed E-state index contributed by atoms with van der Waals surface area (Å²) in [7, 11) is 1.99. The molecule has 0 aliphatic carbocycles. The lowest BCUT2D eigenvalue weighted by Crippen LogP contribution is -2.19. The van der Waals surface area contributed by atoms with E-state index in [1.165, 1.54) is 17.5 Å². The van der Waals surface area contributed by atoms with Crippen LogP contribution in [0.3, 0.4) is 0 Å². The van der Waals surface area contributed by atoms with Crippen LogP contribution in [0.5, 0.6) is 0 Å². The molecule has 18 heavy (non-hydrogen) atoms. The number of halogens is 2. The first-order chi connectivity index (χ1) is 7.74. The summed E-state index contributed by atoms with van der Waals surface area (Å²) in [5.41, 5.74) is 2.78. The van der Waals surface area contributed by atoms with E-state index in [1.807, 2.05) is 7.05 Å². The van der Waals surface area contributed by atoms with E-state index in [9.17, 15) is 0 Å². The molecule has 0 heterocycles. The van der Waals surface area contributed by atoms with E-state index in [0.29, 0.717) is 5.92 Å². The van der Waals surface area contributed by atoms with Crippen molar-refractivity contribution in [3.63, 3.8) is 0 Å². The molecule has 0 unspecified atom stereocenters. The molecule has 0 aliphatic heterocycles. The molecular weight excluding hydrogens is 267 g/mol. The Morgan fingerprint density at radius 1 is 1.00 bits per heavy atom. The maximum absolute atomic E-state index is 3.45. The Bertz CT molecular complexity index is 286. The fourth-order valence-corrected chi connectivity index (χ4v) is 1.64. The van der Waals surface area contributed by atoms with Crippen molar-refractivity contribution in [2.45, 2.75) is 32.7 Å². The summed E-state index contributed by atoms with van der Waals surface area (Å²) >= 11 is 0. The highest BCUT2D eigenvalue weighted by Crippen LogP contribution is 2.14. The molecule has 1 aromatic rings. The summed E-state index contributed by atoms with van der Waals surface area (Å²) in [6.45, 7) is 7.59. The molecule has 0 amide bonds. The predicted molar refractivity (Wildman–Crippen MR) is 85.3 cm³/mol. The van der Waals surface area contributed by atoms with Crippen LogP contribution in [0.4, 0.5) is 0 Å². The lowest BCUT2D eigenvalue weighted by atomic mass is 10.0. The van der Waals surface area contributed by atoms with Crippen molar-refractivity contribution >= 4 is 24.8 Å². The molecule has 1 aromatic carbocycles. The number of benzene rings is 1. The molecule has 4 heteroatoms. The van der Waals surface area contributed by atoms with Crippen molar-refractivity contribution in [3.05, 3.63) is 35.4 Å². The van der Waals surface area contributed by atoms with Gasteiger partial charge in [-0.3, -0.25) is 0 Å². The maximum Gasteiger partial charge on any atom is 0.0205 e. The fourth-order valence-electron chi connectivity index (χ4n) is 1.64. The Balaban J connectivity index is 0. The summed E-state index contributed by atoms with van der Waals surface area (Å²) in [6, 6.07) is 8.91. The largest absolute Gasteiger partial charge is 0.320 e. The van der Waals surface area contributed by atoms with E-state index in [2.05, 4.69) is 48.7 Å². The average molecular weight is 293 g/mol. The minimum absolute atomic E-state index is 0. The van der Waals surface area contributed by atoms with Crippen LogP contribution in [0.15, 0.2) is 24.3 Å². The van der Waals surface area contributed by atoms with Gasteiger partial charge >= 0.3 is 0 Å². The first kappa shape index (κ1) is 20.0. The van der Waals surface area contributed by atoms with Crippen molar-refractivity contribution in [1.82, 2.24) is 10.6 Å². The van der Waals surface area contributed by atoms with Crippen molar-refractivity contribution in [1.29, 1.82) is 0 Å². The summed E-state index contributed by atoms with van der Waals surface area (Å²) < 4.78 is 0. The van der Waals surface area contributed by atoms with Crippen LogP contribution in [-0.2, 0) is 6.54 Å². The van der Waals surface area contributed by atoms with E-state index < -0.39 is 0 Å².